The van der Waals surface area contributed by atoms with E-state index < -0.39 is 34.6 Å². The molecule has 13 heteroatoms. The molecule has 186 valence electrons. The molecule has 0 saturated carbocycles. The van der Waals surface area contributed by atoms with Crippen LogP contribution in [0.5, 0.6) is 0 Å². The minimum atomic E-state index is -4.94. The lowest BCUT2D eigenvalue weighted by atomic mass is 10.3. The Bertz CT molecular complexity index is 1390. The molecule has 0 aliphatic rings. The van der Waals surface area contributed by atoms with Gasteiger partial charge in [-0.05, 0) is 43.4 Å². The summed E-state index contributed by atoms with van der Waals surface area (Å²) in [6.07, 6.45) is -2.26. The molecule has 0 N–H and O–H groups in total. The van der Waals surface area contributed by atoms with Crippen LogP contribution in [0.4, 0.5) is 17.6 Å². The first-order valence-electron chi connectivity index (χ1n) is 10.0. The standard InChI is InChI=1S/C22H18ClF4N3O3S2/c1-12(31)5-4-8-34-20-16(6-3-7-28-20)35-17-10-15(14(24)9-13(17)23)30-19(32)11-18(22(25,26)27)29(2)21(30)33/h3,6-7,9-11H,4-5,8H2,1-2H3. The first kappa shape index (κ1) is 27.0. The lowest BCUT2D eigenvalue weighted by Crippen LogP contribution is -2.41. The second kappa shape index (κ2) is 11.0. The molecule has 3 rings (SSSR count). The Morgan fingerprint density at radius 2 is 1.89 bits per heavy atom. The predicted octanol–water partition coefficient (Wildman–Crippen LogP) is 5.36. The van der Waals surface area contributed by atoms with E-state index in [0.717, 1.165) is 30.9 Å². The third-order valence-electron chi connectivity index (χ3n) is 4.72. The Kier molecular flexibility index (Phi) is 8.50. The van der Waals surface area contributed by atoms with Gasteiger partial charge in [-0.3, -0.25) is 9.36 Å². The van der Waals surface area contributed by atoms with Gasteiger partial charge in [0.15, 0.2) is 0 Å². The van der Waals surface area contributed by atoms with Gasteiger partial charge in [0.05, 0.1) is 10.7 Å². The van der Waals surface area contributed by atoms with Crippen LogP contribution in [0.2, 0.25) is 5.02 Å². The quantitative estimate of drug-likeness (QED) is 0.215. The second-order valence-corrected chi connectivity index (χ2v) is 9.91. The Labute approximate surface area is 210 Å². The average molecular weight is 548 g/mol. The van der Waals surface area contributed by atoms with E-state index in [1.807, 2.05) is 0 Å². The lowest BCUT2D eigenvalue weighted by molar-refractivity contribution is -0.144. The zero-order valence-electron chi connectivity index (χ0n) is 18.4. The van der Waals surface area contributed by atoms with Crippen LogP contribution in [0.3, 0.4) is 0 Å². The van der Waals surface area contributed by atoms with E-state index in [1.54, 1.807) is 18.3 Å². The number of nitrogens with zero attached hydrogens (tertiary/aromatic N) is 3. The highest BCUT2D eigenvalue weighted by molar-refractivity contribution is 8.02. The molecule has 0 aliphatic heterocycles. The van der Waals surface area contributed by atoms with Gasteiger partial charge < -0.3 is 4.79 Å². The number of aromatic nitrogens is 3. The van der Waals surface area contributed by atoms with Crippen LogP contribution < -0.4 is 11.2 Å². The number of pyridine rings is 1. The molecule has 0 fully saturated rings. The fourth-order valence-electron chi connectivity index (χ4n) is 3.06. The van der Waals surface area contributed by atoms with Crippen LogP contribution in [0.1, 0.15) is 25.5 Å². The van der Waals surface area contributed by atoms with Crippen molar-refractivity contribution in [2.24, 2.45) is 7.05 Å². The molecule has 0 radical (unpaired) electrons. The van der Waals surface area contributed by atoms with Gasteiger partial charge in [0, 0.05) is 35.5 Å². The Morgan fingerprint density at radius 3 is 2.54 bits per heavy atom. The van der Waals surface area contributed by atoms with Crippen LogP contribution >= 0.6 is 35.1 Å². The summed E-state index contributed by atoms with van der Waals surface area (Å²) in [7, 11) is 0.843. The van der Waals surface area contributed by atoms with Gasteiger partial charge in [0.1, 0.15) is 22.3 Å². The SMILES string of the molecule is CC(=O)CCCSc1ncccc1Sc1cc(-n2c(=O)cc(C(F)(F)F)n(C)c2=O)c(F)cc1Cl. The molecular formula is C22H18ClF4N3O3S2. The maximum atomic E-state index is 14.8. The van der Waals surface area contributed by atoms with Crippen molar-refractivity contribution in [3.63, 3.8) is 0 Å². The topological polar surface area (TPSA) is 74.0 Å². The minimum Gasteiger partial charge on any atom is -0.300 e. The van der Waals surface area contributed by atoms with E-state index in [9.17, 15) is 31.9 Å². The fraction of sp³-hybridized carbons (Fsp3) is 0.273. The molecule has 3 aromatic rings. The third kappa shape index (κ3) is 6.36. The van der Waals surface area contributed by atoms with E-state index in [2.05, 4.69) is 4.98 Å². The van der Waals surface area contributed by atoms with E-state index >= 15 is 0 Å². The number of halogens is 5. The molecule has 0 bridgehead atoms. The lowest BCUT2D eigenvalue weighted by Gasteiger charge is -2.15. The second-order valence-electron chi connectivity index (χ2n) is 7.34. The molecule has 6 nitrogen and oxygen atoms in total. The minimum absolute atomic E-state index is 0.0237. The molecule has 0 amide bonds. The number of ketones is 1. The average Bonchev–Trinajstić information content (AvgIpc) is 2.76. The molecule has 2 heterocycles. The molecule has 0 spiro atoms. The molecule has 0 unspecified atom stereocenters. The monoisotopic (exact) mass is 547 g/mol. The zero-order chi connectivity index (χ0) is 25.9. The maximum Gasteiger partial charge on any atom is 0.431 e. The maximum absolute atomic E-state index is 14.8. The van der Waals surface area contributed by atoms with Gasteiger partial charge in [-0.15, -0.1) is 11.8 Å². The Morgan fingerprint density at radius 1 is 1.17 bits per heavy atom. The number of hydrogen-bond acceptors (Lipinski definition) is 6. The molecular weight excluding hydrogens is 530 g/mol. The number of alkyl halides is 3. The van der Waals surface area contributed by atoms with Gasteiger partial charge in [-0.25, -0.2) is 18.7 Å². The van der Waals surface area contributed by atoms with Crippen molar-refractivity contribution in [1.29, 1.82) is 0 Å². The Hall–Kier alpha value is -2.57. The van der Waals surface area contributed by atoms with Crippen LogP contribution in [0, 0.1) is 5.82 Å². The molecule has 0 saturated heterocycles. The number of carbonyl (C=O) groups is 1. The van der Waals surface area contributed by atoms with Crippen molar-refractivity contribution in [2.75, 3.05) is 5.75 Å². The van der Waals surface area contributed by atoms with Crippen molar-refractivity contribution in [3.8, 4) is 5.69 Å². The first-order valence-corrected chi connectivity index (χ1v) is 12.2. The zero-order valence-corrected chi connectivity index (χ0v) is 20.7. The van der Waals surface area contributed by atoms with E-state index in [0.29, 0.717) is 33.1 Å². The summed E-state index contributed by atoms with van der Waals surface area (Å²) in [4.78, 5) is 41.4. The molecule has 0 atom stereocenters. The normalized spacial score (nSPS) is 11.6. The van der Waals surface area contributed by atoms with E-state index in [-0.39, 0.29) is 26.3 Å². The molecule has 0 aliphatic carbocycles. The number of benzene rings is 1. The van der Waals surface area contributed by atoms with Crippen LogP contribution in [0.25, 0.3) is 5.69 Å². The van der Waals surface area contributed by atoms with Crippen molar-refractivity contribution < 1.29 is 22.4 Å². The molecule has 35 heavy (non-hydrogen) atoms. The highest BCUT2D eigenvalue weighted by Crippen LogP contribution is 2.39. The van der Waals surface area contributed by atoms with Gasteiger partial charge in [-0.1, -0.05) is 23.4 Å². The van der Waals surface area contributed by atoms with Gasteiger partial charge in [0.2, 0.25) is 0 Å². The van der Waals surface area contributed by atoms with Crippen LogP contribution in [0.15, 0.2) is 60.9 Å². The predicted molar refractivity (Wildman–Crippen MR) is 126 cm³/mol. The summed E-state index contributed by atoms with van der Waals surface area (Å²) < 4.78 is 54.8. The first-order chi connectivity index (χ1) is 16.4. The van der Waals surface area contributed by atoms with Crippen molar-refractivity contribution in [3.05, 3.63) is 73.9 Å². The number of carbonyl (C=O) groups excluding carboxylic acids is 1. The summed E-state index contributed by atoms with van der Waals surface area (Å²) >= 11 is 8.71. The highest BCUT2D eigenvalue weighted by atomic mass is 35.5. The van der Waals surface area contributed by atoms with Crippen LogP contribution in [-0.4, -0.2) is 25.7 Å². The number of rotatable bonds is 8. The Balaban J connectivity index is 2.01. The van der Waals surface area contributed by atoms with E-state index in [4.69, 9.17) is 11.6 Å². The molecule has 2 aromatic heterocycles. The van der Waals surface area contributed by atoms with Crippen molar-refractivity contribution >= 4 is 40.9 Å². The largest absolute Gasteiger partial charge is 0.431 e. The number of Topliss-reactive ketones (excluding diaryl/α,β-unsaturated/α-hetero) is 1. The van der Waals surface area contributed by atoms with E-state index in [1.165, 1.54) is 18.7 Å². The summed E-state index contributed by atoms with van der Waals surface area (Å²) in [6.45, 7) is 1.51. The van der Waals surface area contributed by atoms with Gasteiger partial charge in [0.25, 0.3) is 5.56 Å². The summed E-state index contributed by atoms with van der Waals surface area (Å²) in [5, 5.41) is 0.607. The molecule has 1 aromatic carbocycles. The smallest absolute Gasteiger partial charge is 0.300 e. The fourth-order valence-corrected chi connectivity index (χ4v) is 5.30. The van der Waals surface area contributed by atoms with Gasteiger partial charge in [-0.2, -0.15) is 13.2 Å². The van der Waals surface area contributed by atoms with Gasteiger partial charge >= 0.3 is 11.9 Å². The van der Waals surface area contributed by atoms with Crippen LogP contribution in [-0.2, 0) is 18.0 Å². The summed E-state index contributed by atoms with van der Waals surface area (Å²) in [5.41, 5.74) is -4.67. The number of thioether (sulfide) groups is 1. The van der Waals surface area contributed by atoms with Crippen molar-refractivity contribution in [1.82, 2.24) is 14.1 Å². The number of hydrogen-bond donors (Lipinski definition) is 0. The highest BCUT2D eigenvalue weighted by Gasteiger charge is 2.35. The summed E-state index contributed by atoms with van der Waals surface area (Å²) in [6, 6.07) is 5.68. The summed E-state index contributed by atoms with van der Waals surface area (Å²) in [5.74, 6) is -0.344. The van der Waals surface area contributed by atoms with Crippen molar-refractivity contribution in [2.45, 2.75) is 40.8 Å². The third-order valence-corrected chi connectivity index (χ3v) is 7.47.